The molecule has 1 amide bonds. The van der Waals surface area contributed by atoms with E-state index in [0.717, 1.165) is 23.3 Å². The van der Waals surface area contributed by atoms with Crippen LogP contribution in [0.1, 0.15) is 57.2 Å². The molecule has 1 saturated carbocycles. The van der Waals surface area contributed by atoms with Gasteiger partial charge in [-0.2, -0.15) is 0 Å². The highest BCUT2D eigenvalue weighted by atomic mass is 32.2. The van der Waals surface area contributed by atoms with Gasteiger partial charge in [0.15, 0.2) is 0 Å². The van der Waals surface area contributed by atoms with Gasteiger partial charge in [-0.05, 0) is 53.8 Å². The Morgan fingerprint density at radius 3 is 2.29 bits per heavy atom. The minimum absolute atomic E-state index is 0.0487. The highest BCUT2D eigenvalue weighted by Gasteiger charge is 2.46. The SMILES string of the molecule is C=S(=O)(c1ccccc1)C1CC(C(=O)NC2(N)CC2)NC1c1ccc(C(C)(C)C)cc1. The van der Waals surface area contributed by atoms with Gasteiger partial charge in [0.1, 0.15) is 0 Å². The van der Waals surface area contributed by atoms with E-state index in [9.17, 15) is 9.00 Å². The van der Waals surface area contributed by atoms with E-state index in [1.165, 1.54) is 5.56 Å². The topological polar surface area (TPSA) is 84.2 Å². The van der Waals surface area contributed by atoms with Crippen molar-refractivity contribution in [2.24, 2.45) is 5.73 Å². The summed E-state index contributed by atoms with van der Waals surface area (Å²) in [5, 5.41) is 6.10. The molecule has 2 fully saturated rings. The van der Waals surface area contributed by atoms with E-state index in [0.29, 0.717) is 6.42 Å². The summed E-state index contributed by atoms with van der Waals surface area (Å²) in [7, 11) is -2.64. The van der Waals surface area contributed by atoms with Crippen molar-refractivity contribution in [2.45, 2.75) is 73.3 Å². The maximum atomic E-state index is 14.0. The molecule has 4 N–H and O–H groups in total. The summed E-state index contributed by atoms with van der Waals surface area (Å²) in [6, 6.07) is 17.1. The van der Waals surface area contributed by atoms with E-state index in [1.54, 1.807) is 0 Å². The standard InChI is InChI=1S/C25H33N3O2S/c1-24(2,3)18-12-10-17(11-13-18)22-21(31(4,30)19-8-6-5-7-9-19)16-20(27-22)23(29)28-25(26)14-15-25/h5-13,20-22,27H,4,14-16,26H2,1-3H3,(H,28,29). The van der Waals surface area contributed by atoms with Crippen LogP contribution in [0, 0.1) is 0 Å². The Kier molecular flexibility index (Phi) is 5.53. The smallest absolute Gasteiger partial charge is 0.238 e. The van der Waals surface area contributed by atoms with Crippen molar-refractivity contribution < 1.29 is 9.00 Å². The lowest BCUT2D eigenvalue weighted by Crippen LogP contribution is -2.50. The predicted octanol–water partition coefficient (Wildman–Crippen LogP) is 3.10. The molecule has 4 atom stereocenters. The molecule has 0 aromatic heterocycles. The highest BCUT2D eigenvalue weighted by Crippen LogP contribution is 2.37. The lowest BCUT2D eigenvalue weighted by atomic mass is 9.86. The molecular formula is C25H33N3O2S. The van der Waals surface area contributed by atoms with Gasteiger partial charge in [0.2, 0.25) is 5.91 Å². The molecule has 2 aliphatic rings. The van der Waals surface area contributed by atoms with Gasteiger partial charge in [-0.15, -0.1) is 0 Å². The maximum absolute atomic E-state index is 14.0. The molecule has 0 radical (unpaired) electrons. The van der Waals surface area contributed by atoms with E-state index >= 15 is 0 Å². The monoisotopic (exact) mass is 439 g/mol. The molecule has 1 aliphatic heterocycles. The second-order valence-corrected chi connectivity index (χ2v) is 12.6. The van der Waals surface area contributed by atoms with Crippen LogP contribution in [0.25, 0.3) is 0 Å². The van der Waals surface area contributed by atoms with Gasteiger partial charge >= 0.3 is 0 Å². The first-order valence-corrected chi connectivity index (χ1v) is 12.7. The van der Waals surface area contributed by atoms with Crippen molar-refractivity contribution in [3.8, 4) is 0 Å². The molecular weight excluding hydrogens is 406 g/mol. The number of rotatable bonds is 5. The largest absolute Gasteiger partial charge is 0.337 e. The number of nitrogens with one attached hydrogen (secondary N) is 2. The number of carbonyl (C=O) groups is 1. The van der Waals surface area contributed by atoms with Crippen LogP contribution >= 0.6 is 0 Å². The summed E-state index contributed by atoms with van der Waals surface area (Å²) in [6.07, 6.45) is 2.04. The van der Waals surface area contributed by atoms with Crippen molar-refractivity contribution >= 4 is 21.3 Å². The first-order valence-electron chi connectivity index (χ1n) is 10.9. The molecule has 4 rings (SSSR count). The minimum Gasteiger partial charge on any atom is -0.337 e. The molecule has 0 spiro atoms. The number of amides is 1. The van der Waals surface area contributed by atoms with E-state index in [4.69, 9.17) is 5.73 Å². The number of hydrogen-bond donors (Lipinski definition) is 3. The Hall–Kier alpha value is -2.15. The second kappa shape index (κ2) is 7.76. The molecule has 166 valence electrons. The summed E-state index contributed by atoms with van der Waals surface area (Å²) in [5.74, 6) is 4.04. The van der Waals surface area contributed by atoms with Crippen LogP contribution in [0.5, 0.6) is 0 Å². The Labute approximate surface area is 185 Å². The van der Waals surface area contributed by atoms with Gasteiger partial charge in [-0.25, -0.2) is 0 Å². The van der Waals surface area contributed by atoms with Gasteiger partial charge in [0.25, 0.3) is 0 Å². The lowest BCUT2D eigenvalue weighted by molar-refractivity contribution is -0.123. The van der Waals surface area contributed by atoms with Crippen molar-refractivity contribution in [2.75, 3.05) is 0 Å². The van der Waals surface area contributed by atoms with Gasteiger partial charge < -0.3 is 11.1 Å². The van der Waals surface area contributed by atoms with Crippen molar-refractivity contribution in [1.29, 1.82) is 0 Å². The highest BCUT2D eigenvalue weighted by molar-refractivity contribution is 8.01. The third-order valence-corrected chi connectivity index (χ3v) is 8.98. The molecule has 0 bridgehead atoms. The van der Waals surface area contributed by atoms with Crippen LogP contribution in [-0.2, 0) is 19.7 Å². The first kappa shape index (κ1) is 22.1. The number of hydrogen-bond acceptors (Lipinski definition) is 4. The van der Waals surface area contributed by atoms with Crippen LogP contribution in [0.3, 0.4) is 0 Å². The quantitative estimate of drug-likeness (QED) is 0.494. The van der Waals surface area contributed by atoms with Crippen LogP contribution < -0.4 is 16.4 Å². The van der Waals surface area contributed by atoms with E-state index in [2.05, 4.69) is 61.5 Å². The summed E-state index contributed by atoms with van der Waals surface area (Å²) < 4.78 is 14.0. The molecule has 5 nitrogen and oxygen atoms in total. The van der Waals surface area contributed by atoms with Crippen LogP contribution in [0.2, 0.25) is 0 Å². The van der Waals surface area contributed by atoms with Gasteiger partial charge in [0, 0.05) is 20.5 Å². The Morgan fingerprint density at radius 1 is 1.13 bits per heavy atom. The Morgan fingerprint density at radius 2 is 1.74 bits per heavy atom. The minimum atomic E-state index is -2.64. The zero-order chi connectivity index (χ0) is 22.4. The molecule has 2 aromatic carbocycles. The van der Waals surface area contributed by atoms with E-state index < -0.39 is 21.2 Å². The summed E-state index contributed by atoms with van der Waals surface area (Å²) >= 11 is 0. The lowest BCUT2D eigenvalue weighted by Gasteiger charge is -2.25. The molecule has 31 heavy (non-hydrogen) atoms. The fourth-order valence-corrected chi connectivity index (χ4v) is 6.38. The molecule has 1 heterocycles. The molecule has 1 aliphatic carbocycles. The third-order valence-electron chi connectivity index (χ3n) is 6.46. The maximum Gasteiger partial charge on any atom is 0.238 e. The van der Waals surface area contributed by atoms with Crippen LogP contribution in [-0.4, -0.2) is 32.9 Å². The molecule has 6 heteroatoms. The normalized spacial score (nSPS) is 26.8. The van der Waals surface area contributed by atoms with Crippen molar-refractivity contribution in [3.63, 3.8) is 0 Å². The summed E-state index contributed by atoms with van der Waals surface area (Å²) in [4.78, 5) is 13.6. The van der Waals surface area contributed by atoms with Crippen LogP contribution in [0.15, 0.2) is 59.5 Å². The second-order valence-electron chi connectivity index (χ2n) is 10.0. The summed E-state index contributed by atoms with van der Waals surface area (Å²) in [6.45, 7) is 6.53. The Balaban J connectivity index is 1.66. The van der Waals surface area contributed by atoms with Gasteiger partial charge in [-0.1, -0.05) is 63.2 Å². The zero-order valence-electron chi connectivity index (χ0n) is 18.6. The average molecular weight is 440 g/mol. The number of benzene rings is 2. The van der Waals surface area contributed by atoms with Gasteiger partial charge in [0.05, 0.1) is 17.0 Å². The van der Waals surface area contributed by atoms with E-state index in [-0.39, 0.29) is 22.6 Å². The Bertz CT molecular complexity index is 1050. The zero-order valence-corrected chi connectivity index (χ0v) is 19.4. The van der Waals surface area contributed by atoms with Crippen molar-refractivity contribution in [3.05, 3.63) is 65.7 Å². The number of carbonyl (C=O) groups excluding carboxylic acids is 1. The summed E-state index contributed by atoms with van der Waals surface area (Å²) in [5.41, 5.74) is 7.83. The fraction of sp³-hybridized carbons (Fsp3) is 0.440. The first-order chi connectivity index (χ1) is 14.5. The predicted molar refractivity (Wildman–Crippen MR) is 127 cm³/mol. The van der Waals surface area contributed by atoms with Crippen molar-refractivity contribution in [1.82, 2.24) is 10.6 Å². The fourth-order valence-electron chi connectivity index (χ4n) is 4.24. The molecule has 1 saturated heterocycles. The number of nitrogens with two attached hydrogens (primary N) is 1. The third kappa shape index (κ3) is 4.56. The van der Waals surface area contributed by atoms with E-state index in [1.807, 2.05) is 30.3 Å². The van der Waals surface area contributed by atoms with Gasteiger partial charge in [-0.3, -0.25) is 14.3 Å². The molecule has 2 aromatic rings. The molecule has 4 unspecified atom stereocenters. The average Bonchev–Trinajstić information content (AvgIpc) is 3.27. The van der Waals surface area contributed by atoms with Crippen LogP contribution in [0.4, 0.5) is 0 Å².